The molecule has 0 fully saturated rings. The van der Waals surface area contributed by atoms with Crippen molar-refractivity contribution in [3.05, 3.63) is 82.1 Å². The van der Waals surface area contributed by atoms with Gasteiger partial charge in [0.25, 0.3) is 0 Å². The zero-order valence-electron chi connectivity index (χ0n) is 20.1. The molecule has 2 N–H and O–H groups in total. The van der Waals surface area contributed by atoms with Gasteiger partial charge in [0, 0.05) is 31.4 Å². The molecule has 2 aromatic carbocycles. The standard InChI is InChI=1S/C26H25ClF3N3O4/c1-3-33(25(36)32-14-16-4-11-22(27)31-13-16)15-20-18(12-23(34)35)7-10-21(37-2)24(20)17-5-8-19(9-6-17)26(28,29)30/h4-11,13H,3,12,14-15H2,1-2H3,(H,32,36)(H,34,35). The maximum atomic E-state index is 13.1. The molecule has 0 saturated heterocycles. The van der Waals surface area contributed by atoms with Gasteiger partial charge in [0.2, 0.25) is 0 Å². The van der Waals surface area contributed by atoms with Gasteiger partial charge in [0.1, 0.15) is 10.9 Å². The first-order valence-electron chi connectivity index (χ1n) is 11.2. The Hall–Kier alpha value is -3.79. The molecule has 0 unspecified atom stereocenters. The average molecular weight is 536 g/mol. The molecule has 196 valence electrons. The van der Waals surface area contributed by atoms with Gasteiger partial charge in [-0.2, -0.15) is 13.2 Å². The topological polar surface area (TPSA) is 91.8 Å². The van der Waals surface area contributed by atoms with Crippen molar-refractivity contribution in [2.45, 2.75) is 32.6 Å². The largest absolute Gasteiger partial charge is 0.496 e. The molecule has 0 aliphatic heterocycles. The van der Waals surface area contributed by atoms with Crippen molar-refractivity contribution >= 4 is 23.6 Å². The van der Waals surface area contributed by atoms with Crippen LogP contribution in [0.4, 0.5) is 18.0 Å². The van der Waals surface area contributed by atoms with Crippen molar-refractivity contribution < 1.29 is 32.6 Å². The summed E-state index contributed by atoms with van der Waals surface area (Å²) in [5.74, 6) is -0.750. The van der Waals surface area contributed by atoms with Gasteiger partial charge in [-0.3, -0.25) is 4.79 Å². The SMILES string of the molecule is CCN(Cc1c(CC(=O)O)ccc(OC)c1-c1ccc(C(F)(F)F)cc1)C(=O)NCc1ccc(Cl)nc1. The maximum absolute atomic E-state index is 13.1. The molecule has 7 nitrogen and oxygen atoms in total. The molecule has 0 saturated carbocycles. The number of urea groups is 1. The molecular weight excluding hydrogens is 511 g/mol. The van der Waals surface area contributed by atoms with Crippen molar-refractivity contribution in [1.29, 1.82) is 0 Å². The molecule has 0 radical (unpaired) electrons. The Morgan fingerprint density at radius 1 is 1.11 bits per heavy atom. The van der Waals surface area contributed by atoms with Gasteiger partial charge < -0.3 is 20.1 Å². The highest BCUT2D eigenvalue weighted by atomic mass is 35.5. The summed E-state index contributed by atoms with van der Waals surface area (Å²) in [6.45, 7) is 2.22. The van der Waals surface area contributed by atoms with Crippen LogP contribution in [0.25, 0.3) is 11.1 Å². The third-order valence-electron chi connectivity index (χ3n) is 5.68. The zero-order chi connectivity index (χ0) is 27.2. The van der Waals surface area contributed by atoms with E-state index in [2.05, 4.69) is 10.3 Å². The first-order valence-corrected chi connectivity index (χ1v) is 11.6. The minimum Gasteiger partial charge on any atom is -0.496 e. The van der Waals surface area contributed by atoms with Gasteiger partial charge in [-0.25, -0.2) is 9.78 Å². The number of carboxylic acid groups (broad SMARTS) is 1. The number of ether oxygens (including phenoxy) is 1. The second kappa shape index (κ2) is 12.0. The molecular formula is C26H25ClF3N3O4. The second-order valence-electron chi connectivity index (χ2n) is 8.09. The van der Waals surface area contributed by atoms with E-state index in [4.69, 9.17) is 16.3 Å². The molecule has 0 aliphatic carbocycles. The molecule has 37 heavy (non-hydrogen) atoms. The Kier molecular flexibility index (Phi) is 8.99. The lowest BCUT2D eigenvalue weighted by Gasteiger charge is -2.26. The minimum absolute atomic E-state index is 0.00261. The van der Waals surface area contributed by atoms with Crippen LogP contribution in [0.15, 0.2) is 54.7 Å². The number of rotatable bonds is 9. The van der Waals surface area contributed by atoms with Crippen molar-refractivity contribution in [2.24, 2.45) is 0 Å². The number of amides is 2. The van der Waals surface area contributed by atoms with Crippen LogP contribution in [-0.4, -0.2) is 40.6 Å². The highest BCUT2D eigenvalue weighted by Gasteiger charge is 2.30. The van der Waals surface area contributed by atoms with Gasteiger partial charge in [-0.1, -0.05) is 35.9 Å². The van der Waals surface area contributed by atoms with E-state index in [-0.39, 0.29) is 26.1 Å². The number of aromatic nitrogens is 1. The molecule has 0 aliphatic rings. The first-order chi connectivity index (χ1) is 17.5. The number of pyridine rings is 1. The van der Waals surface area contributed by atoms with Gasteiger partial charge in [-0.15, -0.1) is 0 Å². The zero-order valence-corrected chi connectivity index (χ0v) is 20.9. The van der Waals surface area contributed by atoms with E-state index in [0.29, 0.717) is 33.2 Å². The normalized spacial score (nSPS) is 11.2. The molecule has 3 aromatic rings. The van der Waals surface area contributed by atoms with Crippen LogP contribution in [-0.2, 0) is 30.5 Å². The summed E-state index contributed by atoms with van der Waals surface area (Å²) in [4.78, 5) is 30.0. The highest BCUT2D eigenvalue weighted by molar-refractivity contribution is 6.29. The highest BCUT2D eigenvalue weighted by Crippen LogP contribution is 2.38. The third-order valence-corrected chi connectivity index (χ3v) is 5.91. The number of hydrogen-bond donors (Lipinski definition) is 2. The van der Waals surface area contributed by atoms with Crippen LogP contribution in [0, 0.1) is 0 Å². The second-order valence-corrected chi connectivity index (χ2v) is 8.48. The number of halogens is 4. The lowest BCUT2D eigenvalue weighted by atomic mass is 9.92. The first kappa shape index (κ1) is 27.8. The predicted molar refractivity (Wildman–Crippen MR) is 132 cm³/mol. The number of nitrogens with one attached hydrogen (secondary N) is 1. The minimum atomic E-state index is -4.51. The number of carbonyl (C=O) groups excluding carboxylic acids is 1. The van der Waals surface area contributed by atoms with E-state index in [0.717, 1.165) is 17.7 Å². The molecule has 1 heterocycles. The Balaban J connectivity index is 1.99. The van der Waals surface area contributed by atoms with Gasteiger partial charge in [-0.05, 0) is 53.4 Å². The van der Waals surface area contributed by atoms with Crippen LogP contribution < -0.4 is 10.1 Å². The Labute approximate surface area is 216 Å². The van der Waals surface area contributed by atoms with Gasteiger partial charge in [0.05, 0.1) is 19.1 Å². The molecule has 0 spiro atoms. The molecule has 1 aromatic heterocycles. The Morgan fingerprint density at radius 3 is 2.35 bits per heavy atom. The lowest BCUT2D eigenvalue weighted by molar-refractivity contribution is -0.138. The van der Waals surface area contributed by atoms with Crippen LogP contribution in [0.3, 0.4) is 0 Å². The monoisotopic (exact) mass is 535 g/mol. The van der Waals surface area contributed by atoms with Crippen molar-refractivity contribution in [3.8, 4) is 16.9 Å². The van der Waals surface area contributed by atoms with E-state index in [1.807, 2.05) is 0 Å². The summed E-state index contributed by atoms with van der Waals surface area (Å²) in [5, 5.41) is 12.6. The van der Waals surface area contributed by atoms with Crippen LogP contribution >= 0.6 is 11.6 Å². The summed E-state index contributed by atoms with van der Waals surface area (Å²) in [6, 6.07) is 10.6. The third kappa shape index (κ3) is 7.13. The molecule has 11 heteroatoms. The van der Waals surface area contributed by atoms with Gasteiger partial charge >= 0.3 is 18.2 Å². The summed E-state index contributed by atoms with van der Waals surface area (Å²) >= 11 is 5.79. The summed E-state index contributed by atoms with van der Waals surface area (Å²) in [6.07, 6.45) is -3.31. The number of alkyl halides is 3. The fraction of sp³-hybridized carbons (Fsp3) is 0.269. The lowest BCUT2D eigenvalue weighted by Crippen LogP contribution is -2.39. The van der Waals surface area contributed by atoms with Crippen LogP contribution in [0.1, 0.15) is 29.2 Å². The summed E-state index contributed by atoms with van der Waals surface area (Å²) in [7, 11) is 1.41. The van der Waals surface area contributed by atoms with E-state index < -0.39 is 23.7 Å². The van der Waals surface area contributed by atoms with E-state index in [1.54, 1.807) is 31.2 Å². The number of hydrogen-bond acceptors (Lipinski definition) is 4. The van der Waals surface area contributed by atoms with Crippen molar-refractivity contribution in [2.75, 3.05) is 13.7 Å². The van der Waals surface area contributed by atoms with Crippen LogP contribution in [0.5, 0.6) is 5.75 Å². The predicted octanol–water partition coefficient (Wildman–Crippen LogP) is 5.79. The molecule has 3 rings (SSSR count). The number of methoxy groups -OCH3 is 1. The number of carbonyl (C=O) groups is 2. The van der Waals surface area contributed by atoms with Crippen molar-refractivity contribution in [1.82, 2.24) is 15.2 Å². The molecule has 2 amide bonds. The van der Waals surface area contributed by atoms with Gasteiger partial charge in [0.15, 0.2) is 0 Å². The summed E-state index contributed by atoms with van der Waals surface area (Å²) in [5.41, 5.74) is 1.61. The number of aliphatic carboxylic acids is 1. The van der Waals surface area contributed by atoms with Crippen LogP contribution in [0.2, 0.25) is 5.15 Å². The average Bonchev–Trinajstić information content (AvgIpc) is 2.86. The fourth-order valence-electron chi connectivity index (χ4n) is 3.81. The maximum Gasteiger partial charge on any atom is 0.416 e. The smallest absolute Gasteiger partial charge is 0.416 e. The fourth-order valence-corrected chi connectivity index (χ4v) is 3.92. The Bertz CT molecular complexity index is 1250. The summed E-state index contributed by atoms with van der Waals surface area (Å²) < 4.78 is 44.9. The van der Waals surface area contributed by atoms with E-state index in [9.17, 15) is 27.9 Å². The molecule has 0 atom stereocenters. The molecule has 0 bridgehead atoms. The van der Waals surface area contributed by atoms with E-state index in [1.165, 1.54) is 30.3 Å². The van der Waals surface area contributed by atoms with Crippen molar-refractivity contribution in [3.63, 3.8) is 0 Å². The quantitative estimate of drug-likeness (QED) is 0.338. The Morgan fingerprint density at radius 2 is 1.81 bits per heavy atom. The van der Waals surface area contributed by atoms with E-state index >= 15 is 0 Å². The number of carboxylic acids is 1. The number of benzene rings is 2. The number of nitrogens with zero attached hydrogens (tertiary/aromatic N) is 2.